The normalized spacial score (nSPS) is 3.60. The van der Waals surface area contributed by atoms with Gasteiger partial charge in [-0.3, -0.25) is 0 Å². The van der Waals surface area contributed by atoms with Crippen molar-refractivity contribution >= 4 is 47.5 Å². The zero-order valence-corrected chi connectivity index (χ0v) is 8.19. The first-order valence-electron chi connectivity index (χ1n) is 0.816. The third-order valence-corrected chi connectivity index (χ3v) is 0. The van der Waals surface area contributed by atoms with Crippen molar-refractivity contribution in [2.24, 2.45) is 0 Å². The van der Waals surface area contributed by atoms with E-state index in [4.69, 9.17) is 0 Å². The molecule has 0 aromatic heterocycles. The molecule has 27 valence electrons. The molecule has 0 aliphatic heterocycles. The first kappa shape index (κ1) is 16.2. The maximum Gasteiger partial charge on any atom is 0 e. The summed E-state index contributed by atoms with van der Waals surface area (Å²) in [4.78, 5) is 0. The molecule has 0 atom stereocenters. The Kier molecular flexibility index (Phi) is 59.6. The Balaban J connectivity index is -0.0000000200. The van der Waals surface area contributed by atoms with Gasteiger partial charge in [0, 0.05) is 35.7 Å². The number of rotatable bonds is 0. The van der Waals surface area contributed by atoms with Crippen LogP contribution in [0.2, 0.25) is 0 Å². The van der Waals surface area contributed by atoms with Crippen molar-refractivity contribution in [2.45, 2.75) is 0 Å². The second kappa shape index (κ2) is 18.4. The minimum atomic E-state index is 0. The van der Waals surface area contributed by atoms with E-state index in [1.54, 1.807) is 11.8 Å². The van der Waals surface area contributed by atoms with Crippen LogP contribution < -0.4 is 0 Å². The molecule has 0 spiro atoms. The van der Waals surface area contributed by atoms with E-state index >= 15 is 0 Å². The summed E-state index contributed by atoms with van der Waals surface area (Å²) < 4.78 is 0. The van der Waals surface area contributed by atoms with Gasteiger partial charge in [-0.1, -0.05) is 0 Å². The molecule has 0 nitrogen and oxygen atoms in total. The van der Waals surface area contributed by atoms with Gasteiger partial charge in [0.15, 0.2) is 0 Å². The molecule has 7 radical (unpaired) electrons. The van der Waals surface area contributed by atoms with Crippen LogP contribution in [-0.4, -0.2) is 48.2 Å². The summed E-state index contributed by atoms with van der Waals surface area (Å²) in [5, 5.41) is 0. The van der Waals surface area contributed by atoms with Gasteiger partial charge < -0.3 is 0 Å². The fourth-order valence-electron chi connectivity index (χ4n) is 0. The molecule has 0 amide bonds. The van der Waals surface area contributed by atoms with E-state index < -0.39 is 0 Å². The molecule has 0 aliphatic carbocycles. The van der Waals surface area contributed by atoms with Crippen LogP contribution >= 0.6 is 11.8 Å². The summed E-state index contributed by atoms with van der Waals surface area (Å²) in [6.07, 6.45) is 4.08. The molecule has 0 aromatic rings. The fraction of sp³-hybridized carbons (Fsp3) is 1.00. The Morgan fingerprint density at radius 1 is 1.20 bits per heavy atom. The van der Waals surface area contributed by atoms with Crippen molar-refractivity contribution in [1.29, 1.82) is 0 Å². The van der Waals surface area contributed by atoms with Crippen molar-refractivity contribution in [1.82, 2.24) is 0 Å². The predicted octanol–water partition coefficient (Wildman–Crippen LogP) is 0.218. The Hall–Kier alpha value is 1.34. The van der Waals surface area contributed by atoms with Crippen LogP contribution in [0.25, 0.3) is 0 Å². The Morgan fingerprint density at radius 2 is 1.20 bits per heavy atom. The van der Waals surface area contributed by atoms with Crippen LogP contribution in [0.3, 0.4) is 0 Å². The van der Waals surface area contributed by atoms with Gasteiger partial charge in [0.25, 0.3) is 0 Å². The molecule has 0 saturated heterocycles. The Bertz CT molecular complexity index is 9.61. The van der Waals surface area contributed by atoms with Crippen molar-refractivity contribution in [3.05, 3.63) is 0 Å². The molecule has 0 heterocycles. The van der Waals surface area contributed by atoms with Crippen molar-refractivity contribution in [2.75, 3.05) is 12.5 Å². The zero-order chi connectivity index (χ0) is 2.71. The average Bonchev–Trinajstić information content (AvgIpc) is 0.918. The minimum Gasteiger partial charge on any atom is -0.169 e. The molecule has 0 fully saturated rings. The molecule has 0 unspecified atom stereocenters. The SMILES string of the molecule is CSC.[B].[Pb]. The van der Waals surface area contributed by atoms with Gasteiger partial charge in [-0.25, -0.2) is 0 Å². The van der Waals surface area contributed by atoms with Crippen LogP contribution in [-0.2, 0) is 0 Å². The zero-order valence-electron chi connectivity index (χ0n) is 3.49. The summed E-state index contributed by atoms with van der Waals surface area (Å²) in [6.45, 7) is 0. The Morgan fingerprint density at radius 3 is 1.20 bits per heavy atom. The van der Waals surface area contributed by atoms with Crippen LogP contribution in [0.5, 0.6) is 0 Å². The maximum atomic E-state index is 2.04. The van der Waals surface area contributed by atoms with Crippen LogP contribution in [0.4, 0.5) is 0 Å². The number of hydrogen-bond donors (Lipinski definition) is 0. The van der Waals surface area contributed by atoms with Gasteiger partial charge in [-0.15, -0.1) is 0 Å². The molecular weight excluding hydrogens is 274 g/mol. The molecule has 0 aromatic carbocycles. The third-order valence-electron chi connectivity index (χ3n) is 0. The van der Waals surface area contributed by atoms with E-state index in [1.165, 1.54) is 0 Å². The smallest absolute Gasteiger partial charge is 0 e. The van der Waals surface area contributed by atoms with Crippen molar-refractivity contribution in [3.63, 3.8) is 0 Å². The predicted molar refractivity (Wildman–Crippen MR) is 30.9 cm³/mol. The van der Waals surface area contributed by atoms with Gasteiger partial charge in [-0.2, -0.15) is 11.8 Å². The number of thioether (sulfide) groups is 1. The summed E-state index contributed by atoms with van der Waals surface area (Å²) in [6, 6.07) is 0. The van der Waals surface area contributed by atoms with Crippen LogP contribution in [0, 0.1) is 0 Å². The molecular formula is C2H6BPbS. The second-order valence-corrected chi connectivity index (χ2v) is 1.22. The third kappa shape index (κ3) is 33.2. The summed E-state index contributed by atoms with van der Waals surface area (Å²) in [5.41, 5.74) is 0. The van der Waals surface area contributed by atoms with Crippen LogP contribution in [0.15, 0.2) is 0 Å². The minimum absolute atomic E-state index is 0. The van der Waals surface area contributed by atoms with Crippen molar-refractivity contribution < 1.29 is 0 Å². The fourth-order valence-corrected chi connectivity index (χ4v) is 0. The van der Waals surface area contributed by atoms with Crippen molar-refractivity contribution in [3.8, 4) is 0 Å². The molecule has 0 aliphatic rings. The van der Waals surface area contributed by atoms with Gasteiger partial charge in [0.05, 0.1) is 0 Å². The topological polar surface area (TPSA) is 0 Å². The standard InChI is InChI=1S/C2H6S.B.Pb/c1-3-2;;/h1-2H3;;. The quantitative estimate of drug-likeness (QED) is 0.572. The van der Waals surface area contributed by atoms with E-state index in [9.17, 15) is 0 Å². The van der Waals surface area contributed by atoms with E-state index in [0.29, 0.717) is 0 Å². The molecule has 0 rings (SSSR count). The first-order valence-corrected chi connectivity index (χ1v) is 2.45. The van der Waals surface area contributed by atoms with Gasteiger partial charge in [-0.05, 0) is 12.5 Å². The van der Waals surface area contributed by atoms with E-state index in [1.807, 2.05) is 12.5 Å². The van der Waals surface area contributed by atoms with Gasteiger partial charge in [0.1, 0.15) is 0 Å². The van der Waals surface area contributed by atoms with E-state index in [-0.39, 0.29) is 35.7 Å². The largest absolute Gasteiger partial charge is 0.169 e. The summed E-state index contributed by atoms with van der Waals surface area (Å²) in [5.74, 6) is 0. The molecule has 0 bridgehead atoms. The van der Waals surface area contributed by atoms with E-state index in [2.05, 4.69) is 0 Å². The van der Waals surface area contributed by atoms with Gasteiger partial charge in [0.2, 0.25) is 0 Å². The van der Waals surface area contributed by atoms with E-state index in [0.717, 1.165) is 0 Å². The maximum absolute atomic E-state index is 2.04. The molecule has 0 N–H and O–H groups in total. The average molecular weight is 280 g/mol. The number of hydrogen-bond acceptors (Lipinski definition) is 1. The molecule has 3 heteroatoms. The monoisotopic (exact) mass is 281 g/mol. The van der Waals surface area contributed by atoms with Crippen LogP contribution in [0.1, 0.15) is 0 Å². The summed E-state index contributed by atoms with van der Waals surface area (Å²) in [7, 11) is 0. The first-order chi connectivity index (χ1) is 1.41. The molecule has 0 saturated carbocycles. The molecule has 5 heavy (non-hydrogen) atoms. The van der Waals surface area contributed by atoms with Gasteiger partial charge >= 0.3 is 0 Å². The second-order valence-electron chi connectivity index (χ2n) is 0.408. The summed E-state index contributed by atoms with van der Waals surface area (Å²) >= 11 is 1.75. The Labute approximate surface area is 59.8 Å².